The van der Waals surface area contributed by atoms with Crippen LogP contribution in [0.2, 0.25) is 0 Å². The largest absolute Gasteiger partial charge is 0.345 e. The van der Waals surface area contributed by atoms with Crippen LogP contribution >= 0.6 is 0 Å². The monoisotopic (exact) mass is 541 g/mol. The molecule has 0 radical (unpaired) electrons. The number of nitrogens with one attached hydrogen (secondary N) is 2. The Morgan fingerprint density at radius 1 is 0.854 bits per heavy atom. The fourth-order valence-electron chi connectivity index (χ4n) is 5.32. The van der Waals surface area contributed by atoms with Crippen LogP contribution in [0.4, 0.5) is 11.4 Å². The highest BCUT2D eigenvalue weighted by Crippen LogP contribution is 2.36. The van der Waals surface area contributed by atoms with Crippen LogP contribution in [0.15, 0.2) is 103 Å². The summed E-state index contributed by atoms with van der Waals surface area (Å²) in [5.41, 5.74) is 13.0. The minimum atomic E-state index is -0.204. The van der Waals surface area contributed by atoms with Gasteiger partial charge in [-0.25, -0.2) is 4.98 Å². The van der Waals surface area contributed by atoms with Gasteiger partial charge in [-0.05, 0) is 60.5 Å². The Bertz CT molecular complexity index is 1690. The van der Waals surface area contributed by atoms with E-state index in [1.807, 2.05) is 83.8 Å². The van der Waals surface area contributed by atoms with E-state index in [-0.39, 0.29) is 11.8 Å². The maximum absolute atomic E-state index is 13.7. The number of anilines is 2. The zero-order valence-electron chi connectivity index (χ0n) is 22.6. The molecule has 2 heterocycles. The summed E-state index contributed by atoms with van der Waals surface area (Å²) in [7, 11) is 0. The van der Waals surface area contributed by atoms with Gasteiger partial charge < -0.3 is 20.9 Å². The van der Waals surface area contributed by atoms with E-state index >= 15 is 0 Å². The molecule has 0 aliphatic carbocycles. The molecule has 1 aliphatic rings. The molecule has 0 unspecified atom stereocenters. The molecule has 0 saturated carbocycles. The fraction of sp³-hybridized carbons (Fsp3) is 0.147. The number of rotatable bonds is 7. The van der Waals surface area contributed by atoms with Crippen LogP contribution in [-0.4, -0.2) is 34.9 Å². The Balaban J connectivity index is 1.21. The number of aromatic amines is 1. The lowest BCUT2D eigenvalue weighted by Gasteiger charge is -2.23. The van der Waals surface area contributed by atoms with Gasteiger partial charge in [0.1, 0.15) is 5.82 Å². The number of amides is 2. The van der Waals surface area contributed by atoms with Crippen molar-refractivity contribution in [3.63, 3.8) is 0 Å². The highest BCUT2D eigenvalue weighted by molar-refractivity contribution is 6.10. The van der Waals surface area contributed by atoms with Crippen LogP contribution in [0.25, 0.3) is 22.4 Å². The molecule has 0 atom stereocenters. The molecule has 4 aromatic carbocycles. The highest BCUT2D eigenvalue weighted by atomic mass is 16.2. The van der Waals surface area contributed by atoms with Crippen LogP contribution in [0, 0.1) is 0 Å². The first-order valence-corrected chi connectivity index (χ1v) is 13.9. The maximum Gasteiger partial charge on any atom is 0.258 e. The van der Waals surface area contributed by atoms with Crippen LogP contribution in [0.5, 0.6) is 0 Å². The molecule has 41 heavy (non-hydrogen) atoms. The lowest BCUT2D eigenvalue weighted by atomic mass is 9.99. The Morgan fingerprint density at radius 2 is 1.56 bits per heavy atom. The van der Waals surface area contributed by atoms with Gasteiger partial charge in [0.2, 0.25) is 0 Å². The first-order valence-electron chi connectivity index (χ1n) is 13.9. The summed E-state index contributed by atoms with van der Waals surface area (Å²) in [6.45, 7) is 1.14. The second-order valence-electron chi connectivity index (χ2n) is 10.1. The molecule has 0 fully saturated rings. The summed E-state index contributed by atoms with van der Waals surface area (Å²) < 4.78 is 0. The highest BCUT2D eigenvalue weighted by Gasteiger charge is 2.27. The number of aromatic nitrogens is 2. The van der Waals surface area contributed by atoms with Crippen molar-refractivity contribution in [3.05, 3.63) is 126 Å². The number of nitrogens with zero attached hydrogens (tertiary/aromatic N) is 2. The Labute approximate surface area is 239 Å². The fourth-order valence-corrected chi connectivity index (χ4v) is 5.32. The molecule has 5 aromatic rings. The van der Waals surface area contributed by atoms with E-state index in [1.165, 1.54) is 0 Å². The summed E-state index contributed by atoms with van der Waals surface area (Å²) >= 11 is 0. The molecule has 2 amide bonds. The van der Waals surface area contributed by atoms with E-state index in [4.69, 9.17) is 10.7 Å². The van der Waals surface area contributed by atoms with Gasteiger partial charge in [-0.15, -0.1) is 0 Å². The number of nitrogens with two attached hydrogens (primary N) is 1. The van der Waals surface area contributed by atoms with E-state index in [1.54, 1.807) is 24.3 Å². The minimum Gasteiger partial charge on any atom is -0.345 e. The molecule has 1 aliphatic heterocycles. The molecule has 0 saturated heterocycles. The van der Waals surface area contributed by atoms with E-state index in [9.17, 15) is 9.59 Å². The molecular formula is C34H31N5O2. The number of carbonyl (C=O) groups is 2. The Morgan fingerprint density at radius 3 is 2.34 bits per heavy atom. The van der Waals surface area contributed by atoms with Gasteiger partial charge in [0.25, 0.3) is 11.8 Å². The van der Waals surface area contributed by atoms with Crippen molar-refractivity contribution >= 4 is 23.2 Å². The molecular weight excluding hydrogens is 510 g/mol. The van der Waals surface area contributed by atoms with Crippen molar-refractivity contribution in [2.24, 2.45) is 5.73 Å². The number of carbonyl (C=O) groups excluding carboxylic acids is 2. The van der Waals surface area contributed by atoms with Crippen LogP contribution in [0.3, 0.4) is 0 Å². The normalized spacial score (nSPS) is 12.3. The summed E-state index contributed by atoms with van der Waals surface area (Å²) in [4.78, 5) is 37.1. The van der Waals surface area contributed by atoms with Crippen LogP contribution in [0.1, 0.15) is 38.7 Å². The second kappa shape index (κ2) is 11.6. The molecule has 0 bridgehead atoms. The van der Waals surface area contributed by atoms with Crippen LogP contribution < -0.4 is 16.0 Å². The number of fused-ring (bicyclic) bond motifs is 3. The Kier molecular flexibility index (Phi) is 7.43. The average Bonchev–Trinajstić information content (AvgIpc) is 3.37. The predicted molar refractivity (Wildman–Crippen MR) is 163 cm³/mol. The third-order valence-electron chi connectivity index (χ3n) is 7.37. The number of aryl methyl sites for hydroxylation is 1. The van der Waals surface area contributed by atoms with Crippen LogP contribution in [-0.2, 0) is 12.8 Å². The average molecular weight is 542 g/mol. The molecule has 4 N–H and O–H groups in total. The summed E-state index contributed by atoms with van der Waals surface area (Å²) in [6, 6.07) is 32.3. The number of hydrogen-bond acceptors (Lipinski definition) is 4. The van der Waals surface area contributed by atoms with Gasteiger partial charge in [-0.1, -0.05) is 66.7 Å². The third-order valence-corrected chi connectivity index (χ3v) is 7.37. The Hall–Kier alpha value is -5.01. The summed E-state index contributed by atoms with van der Waals surface area (Å²) in [6.07, 6.45) is 2.34. The van der Waals surface area contributed by atoms with Crippen molar-refractivity contribution in [1.82, 2.24) is 9.97 Å². The maximum atomic E-state index is 13.7. The van der Waals surface area contributed by atoms with Crippen molar-refractivity contribution in [1.29, 1.82) is 0 Å². The van der Waals surface area contributed by atoms with Gasteiger partial charge in [0, 0.05) is 47.5 Å². The number of benzene rings is 4. The number of H-pyrrole nitrogens is 1. The second-order valence-corrected chi connectivity index (χ2v) is 10.1. The standard InChI is InChI=1S/C34H31N5O2/c35-21-8-15-31-37-29-20-22-39(30-14-7-6-13-28(30)32(29)38-31)34(41)24-16-18-25(19-17-24)36-33(40)27-12-5-4-11-26(27)23-9-2-1-3-10-23/h1-7,9-14,16-19H,8,15,20-22,35H2,(H,36,40)(H,37,38). The molecule has 7 heteroatoms. The quantitative estimate of drug-likeness (QED) is 0.232. The van der Waals surface area contributed by atoms with E-state index in [0.717, 1.165) is 52.4 Å². The zero-order valence-corrected chi connectivity index (χ0v) is 22.6. The molecule has 6 rings (SSSR count). The SMILES string of the molecule is NCCCc1nc2c([nH]1)CCN(C(=O)c1ccc(NC(=O)c3ccccc3-c3ccccc3)cc1)c1ccccc1-2. The predicted octanol–water partition coefficient (Wildman–Crippen LogP) is 6.09. The molecule has 0 spiro atoms. The number of hydrogen-bond donors (Lipinski definition) is 3. The van der Waals surface area contributed by atoms with E-state index in [0.29, 0.717) is 36.3 Å². The van der Waals surface area contributed by atoms with Crippen molar-refractivity contribution in [2.75, 3.05) is 23.3 Å². The summed E-state index contributed by atoms with van der Waals surface area (Å²) in [5.74, 6) is 0.627. The van der Waals surface area contributed by atoms with Gasteiger partial charge >= 0.3 is 0 Å². The third kappa shape index (κ3) is 5.40. The van der Waals surface area contributed by atoms with Crippen molar-refractivity contribution in [2.45, 2.75) is 19.3 Å². The van der Waals surface area contributed by atoms with E-state index in [2.05, 4.69) is 10.3 Å². The van der Waals surface area contributed by atoms with Crippen molar-refractivity contribution < 1.29 is 9.59 Å². The first kappa shape index (κ1) is 26.2. The van der Waals surface area contributed by atoms with Crippen molar-refractivity contribution in [3.8, 4) is 22.4 Å². The first-order chi connectivity index (χ1) is 20.1. The van der Waals surface area contributed by atoms with Gasteiger partial charge in [-0.2, -0.15) is 0 Å². The number of para-hydroxylation sites is 1. The smallest absolute Gasteiger partial charge is 0.258 e. The minimum absolute atomic E-state index is 0.0988. The van der Waals surface area contributed by atoms with E-state index < -0.39 is 0 Å². The lowest BCUT2D eigenvalue weighted by Crippen LogP contribution is -2.32. The van der Waals surface area contributed by atoms with Gasteiger partial charge in [-0.3, -0.25) is 9.59 Å². The molecule has 7 nitrogen and oxygen atoms in total. The summed E-state index contributed by atoms with van der Waals surface area (Å²) in [5, 5.41) is 2.98. The van der Waals surface area contributed by atoms with Gasteiger partial charge in [0.05, 0.1) is 11.4 Å². The molecule has 1 aromatic heterocycles. The topological polar surface area (TPSA) is 104 Å². The van der Waals surface area contributed by atoms with Gasteiger partial charge in [0.15, 0.2) is 0 Å². The zero-order chi connectivity index (χ0) is 28.2. The lowest BCUT2D eigenvalue weighted by molar-refractivity contribution is 0.0986. The number of imidazole rings is 1. The molecule has 204 valence electrons.